The molecule has 22 heavy (non-hydrogen) atoms. The fourth-order valence-corrected chi connectivity index (χ4v) is 2.45. The molecule has 1 aromatic heterocycles. The molecule has 0 bridgehead atoms. The van der Waals surface area contributed by atoms with Crippen molar-refractivity contribution in [2.45, 2.75) is 6.54 Å². The van der Waals surface area contributed by atoms with E-state index >= 15 is 0 Å². The molecule has 2 aromatic rings. The number of thiol groups is 1. The van der Waals surface area contributed by atoms with Crippen LogP contribution in [-0.4, -0.2) is 15.3 Å². The number of carbonyl (C=O) groups is 1. The lowest BCUT2D eigenvalue weighted by Crippen LogP contribution is -2.27. The van der Waals surface area contributed by atoms with Crippen molar-refractivity contribution in [1.29, 1.82) is 0 Å². The average molecular weight is 381 g/mol. The Hall–Kier alpha value is -1.21. The third kappa shape index (κ3) is 4.16. The molecule has 1 N–H and O–H groups in total. The standard InChI is InChI=1S/C13H9Cl3FN3OS/c14-8-4-9(15)11(16)10(5-8)19-13(21)20(22)6-7-2-1-3-18-12(7)17/h1-5,22H,6H2,(H,19,21). The fourth-order valence-electron chi connectivity index (χ4n) is 1.60. The number of rotatable bonds is 3. The molecule has 116 valence electrons. The molecule has 0 fully saturated rings. The molecule has 0 unspecified atom stereocenters. The Morgan fingerprint density at radius 2 is 2.09 bits per heavy atom. The first-order valence-corrected chi connectivity index (χ1v) is 7.43. The van der Waals surface area contributed by atoms with Crippen molar-refractivity contribution in [2.24, 2.45) is 0 Å². The molecular formula is C13H9Cl3FN3OS. The molecule has 2 amide bonds. The molecule has 9 heteroatoms. The minimum atomic E-state index is -0.668. The number of carbonyl (C=O) groups excluding carboxylic acids is 1. The van der Waals surface area contributed by atoms with Gasteiger partial charge in [-0.15, -0.1) is 0 Å². The monoisotopic (exact) mass is 379 g/mol. The first kappa shape index (κ1) is 17.1. The molecule has 4 nitrogen and oxygen atoms in total. The molecule has 0 spiro atoms. The van der Waals surface area contributed by atoms with Crippen LogP contribution >= 0.6 is 47.6 Å². The Morgan fingerprint density at radius 1 is 1.36 bits per heavy atom. The van der Waals surface area contributed by atoms with Gasteiger partial charge in [0.2, 0.25) is 5.95 Å². The molecule has 0 saturated carbocycles. The van der Waals surface area contributed by atoms with Gasteiger partial charge in [0.1, 0.15) is 0 Å². The van der Waals surface area contributed by atoms with Crippen LogP contribution in [0.3, 0.4) is 0 Å². The van der Waals surface area contributed by atoms with Crippen LogP contribution in [0.4, 0.5) is 14.9 Å². The van der Waals surface area contributed by atoms with Crippen LogP contribution in [0.2, 0.25) is 15.1 Å². The maximum atomic E-state index is 13.5. The zero-order chi connectivity index (χ0) is 16.3. The van der Waals surface area contributed by atoms with Gasteiger partial charge in [-0.05, 0) is 18.2 Å². The van der Waals surface area contributed by atoms with Gasteiger partial charge < -0.3 is 5.32 Å². The zero-order valence-electron chi connectivity index (χ0n) is 10.9. The van der Waals surface area contributed by atoms with E-state index in [0.29, 0.717) is 5.02 Å². The highest BCUT2D eigenvalue weighted by Crippen LogP contribution is 2.33. The number of urea groups is 1. The van der Waals surface area contributed by atoms with E-state index in [1.165, 1.54) is 24.4 Å². The molecule has 2 rings (SSSR count). The van der Waals surface area contributed by atoms with Crippen LogP contribution in [-0.2, 0) is 6.54 Å². The number of nitrogens with one attached hydrogen (secondary N) is 1. The lowest BCUT2D eigenvalue weighted by molar-refractivity contribution is 0.237. The summed E-state index contributed by atoms with van der Waals surface area (Å²) >= 11 is 21.7. The fraction of sp³-hybridized carbons (Fsp3) is 0.0769. The van der Waals surface area contributed by atoms with E-state index in [9.17, 15) is 9.18 Å². The molecule has 1 heterocycles. The second-order valence-corrected chi connectivity index (χ2v) is 5.89. The molecule has 0 atom stereocenters. The minimum Gasteiger partial charge on any atom is -0.306 e. The summed E-state index contributed by atoms with van der Waals surface area (Å²) in [6.45, 7) is -0.0828. The number of pyridine rings is 1. The van der Waals surface area contributed by atoms with Crippen LogP contribution in [0.25, 0.3) is 0 Å². The van der Waals surface area contributed by atoms with Gasteiger partial charge in [-0.25, -0.2) is 9.78 Å². The predicted molar refractivity (Wildman–Crippen MR) is 89.2 cm³/mol. The Balaban J connectivity index is 2.11. The minimum absolute atomic E-state index is 0.0828. The van der Waals surface area contributed by atoms with Gasteiger partial charge >= 0.3 is 6.03 Å². The van der Waals surface area contributed by atoms with Gasteiger partial charge in [-0.3, -0.25) is 4.31 Å². The lowest BCUT2D eigenvalue weighted by Gasteiger charge is -2.17. The first-order valence-electron chi connectivity index (χ1n) is 5.90. The van der Waals surface area contributed by atoms with E-state index < -0.39 is 12.0 Å². The summed E-state index contributed by atoms with van der Waals surface area (Å²) < 4.78 is 14.4. The normalized spacial score (nSPS) is 10.4. The highest BCUT2D eigenvalue weighted by atomic mass is 35.5. The number of hydrogen-bond donors (Lipinski definition) is 2. The van der Waals surface area contributed by atoms with Crippen molar-refractivity contribution in [1.82, 2.24) is 9.29 Å². The van der Waals surface area contributed by atoms with Gasteiger partial charge in [0.05, 0.1) is 22.3 Å². The maximum absolute atomic E-state index is 13.5. The zero-order valence-corrected chi connectivity index (χ0v) is 14.0. The van der Waals surface area contributed by atoms with Gasteiger partial charge in [0.25, 0.3) is 0 Å². The maximum Gasteiger partial charge on any atom is 0.332 e. The van der Waals surface area contributed by atoms with E-state index in [1.807, 2.05) is 0 Å². The summed E-state index contributed by atoms with van der Waals surface area (Å²) in [5, 5.41) is 3.16. The van der Waals surface area contributed by atoms with Crippen LogP contribution in [0.15, 0.2) is 30.5 Å². The van der Waals surface area contributed by atoms with Crippen LogP contribution in [0.5, 0.6) is 0 Å². The van der Waals surface area contributed by atoms with Gasteiger partial charge in [0, 0.05) is 16.8 Å². The Kier molecular flexibility index (Phi) is 5.74. The van der Waals surface area contributed by atoms with E-state index in [0.717, 1.165) is 4.31 Å². The number of benzene rings is 1. The molecular weight excluding hydrogens is 372 g/mol. The van der Waals surface area contributed by atoms with Crippen molar-refractivity contribution in [2.75, 3.05) is 5.32 Å². The average Bonchev–Trinajstić information content (AvgIpc) is 2.46. The predicted octanol–water partition coefficient (Wildman–Crippen LogP) is 5.06. The smallest absolute Gasteiger partial charge is 0.306 e. The number of amides is 2. The van der Waals surface area contributed by atoms with E-state index in [2.05, 4.69) is 23.1 Å². The van der Waals surface area contributed by atoms with E-state index in [-0.39, 0.29) is 27.8 Å². The number of nitrogens with zero attached hydrogens (tertiary/aromatic N) is 2. The Bertz CT molecular complexity index is 717. The highest BCUT2D eigenvalue weighted by molar-refractivity contribution is 7.78. The summed E-state index contributed by atoms with van der Waals surface area (Å²) in [7, 11) is 0. The van der Waals surface area contributed by atoms with Crippen molar-refractivity contribution in [3.05, 3.63) is 57.0 Å². The lowest BCUT2D eigenvalue weighted by atomic mass is 10.3. The molecule has 0 saturated heterocycles. The summed E-state index contributed by atoms with van der Waals surface area (Å²) in [5.41, 5.74) is 0.456. The third-order valence-electron chi connectivity index (χ3n) is 2.63. The van der Waals surface area contributed by atoms with Crippen molar-refractivity contribution in [3.63, 3.8) is 0 Å². The summed E-state index contributed by atoms with van der Waals surface area (Å²) in [6, 6.07) is 5.34. The van der Waals surface area contributed by atoms with Crippen molar-refractivity contribution < 1.29 is 9.18 Å². The molecule has 0 aliphatic heterocycles. The SMILES string of the molecule is O=C(Nc1cc(Cl)cc(Cl)c1Cl)N(S)Cc1cccnc1F. The summed E-state index contributed by atoms with van der Waals surface area (Å²) in [6.07, 6.45) is 1.31. The highest BCUT2D eigenvalue weighted by Gasteiger charge is 2.16. The topological polar surface area (TPSA) is 45.2 Å². The molecule has 0 aliphatic carbocycles. The second-order valence-electron chi connectivity index (χ2n) is 4.19. The van der Waals surface area contributed by atoms with Crippen LogP contribution < -0.4 is 5.32 Å². The summed E-state index contributed by atoms with van der Waals surface area (Å²) in [4.78, 5) is 15.6. The molecule has 0 aliphatic rings. The Morgan fingerprint density at radius 3 is 2.77 bits per heavy atom. The number of halogens is 4. The van der Waals surface area contributed by atoms with Crippen molar-refractivity contribution >= 4 is 59.3 Å². The third-order valence-corrected chi connectivity index (χ3v) is 3.97. The van der Waals surface area contributed by atoms with Gasteiger partial charge in [0.15, 0.2) is 0 Å². The Labute approximate surface area is 146 Å². The summed E-state index contributed by atoms with van der Waals surface area (Å²) in [5.74, 6) is -0.668. The van der Waals surface area contributed by atoms with Crippen LogP contribution in [0.1, 0.15) is 5.56 Å². The quantitative estimate of drug-likeness (QED) is 0.444. The number of hydrogen-bond acceptors (Lipinski definition) is 3. The van der Waals surface area contributed by atoms with Crippen molar-refractivity contribution in [3.8, 4) is 0 Å². The van der Waals surface area contributed by atoms with E-state index in [1.54, 1.807) is 6.07 Å². The number of anilines is 1. The van der Waals surface area contributed by atoms with E-state index in [4.69, 9.17) is 34.8 Å². The second kappa shape index (κ2) is 7.37. The number of aromatic nitrogens is 1. The van der Waals surface area contributed by atoms with Crippen LogP contribution in [0, 0.1) is 5.95 Å². The largest absolute Gasteiger partial charge is 0.332 e. The van der Waals surface area contributed by atoms with Gasteiger partial charge in [-0.1, -0.05) is 53.7 Å². The first-order chi connectivity index (χ1) is 10.4. The molecule has 1 aromatic carbocycles. The molecule has 0 radical (unpaired) electrons. The van der Waals surface area contributed by atoms with Gasteiger partial charge in [-0.2, -0.15) is 4.39 Å².